The molecule has 0 atom stereocenters. The van der Waals surface area contributed by atoms with Crippen molar-refractivity contribution in [2.75, 3.05) is 5.32 Å². The van der Waals surface area contributed by atoms with Crippen molar-refractivity contribution in [2.45, 2.75) is 37.8 Å². The highest BCUT2D eigenvalue weighted by molar-refractivity contribution is 5.93. The zero-order chi connectivity index (χ0) is 16.4. The predicted octanol–water partition coefficient (Wildman–Crippen LogP) is 4.01. The number of benzene rings is 2. The summed E-state index contributed by atoms with van der Waals surface area (Å²) in [4.78, 5) is 9.49. The fraction of sp³-hybridized carbons (Fsp3) is 0.300. The zero-order valence-corrected chi connectivity index (χ0v) is 13.5. The van der Waals surface area contributed by atoms with Crippen molar-refractivity contribution < 1.29 is 5.11 Å². The lowest BCUT2D eigenvalue weighted by Crippen LogP contribution is -2.29. The lowest BCUT2D eigenvalue weighted by molar-refractivity contribution is 0.126. The fourth-order valence-corrected chi connectivity index (χ4v) is 3.36. The number of aliphatic hydroxyl groups is 1. The largest absolute Gasteiger partial charge is 0.393 e. The maximum Gasteiger partial charge on any atom is 0.224 e. The van der Waals surface area contributed by atoms with E-state index in [1.165, 1.54) is 0 Å². The lowest BCUT2D eigenvalue weighted by atomic mass is 9.93. The number of aliphatic hydroxyl groups excluding tert-OH is 1. The van der Waals surface area contributed by atoms with Gasteiger partial charge in [-0.05, 0) is 31.7 Å². The number of nitrogens with zero attached hydrogens (tertiary/aromatic N) is 2. The first kappa shape index (κ1) is 15.1. The van der Waals surface area contributed by atoms with Crippen molar-refractivity contribution in [3.05, 3.63) is 54.6 Å². The second-order valence-electron chi connectivity index (χ2n) is 6.43. The van der Waals surface area contributed by atoms with Crippen molar-refractivity contribution in [3.63, 3.8) is 0 Å². The van der Waals surface area contributed by atoms with Crippen molar-refractivity contribution in [1.29, 1.82) is 0 Å². The van der Waals surface area contributed by atoms with Crippen LogP contribution in [0, 0.1) is 0 Å². The second-order valence-corrected chi connectivity index (χ2v) is 6.43. The van der Waals surface area contributed by atoms with Gasteiger partial charge in [0.05, 0.1) is 17.3 Å². The molecule has 0 unspecified atom stereocenters. The summed E-state index contributed by atoms with van der Waals surface area (Å²) in [7, 11) is 0. The topological polar surface area (TPSA) is 58.0 Å². The third kappa shape index (κ3) is 3.10. The van der Waals surface area contributed by atoms with E-state index in [0.29, 0.717) is 12.0 Å². The Balaban J connectivity index is 1.72. The van der Waals surface area contributed by atoms with Crippen molar-refractivity contribution in [3.8, 4) is 11.3 Å². The van der Waals surface area contributed by atoms with Crippen molar-refractivity contribution in [1.82, 2.24) is 9.97 Å². The number of rotatable bonds is 3. The van der Waals surface area contributed by atoms with E-state index in [2.05, 4.69) is 28.5 Å². The van der Waals surface area contributed by atoms with E-state index in [4.69, 9.17) is 4.98 Å². The number of hydrogen-bond donors (Lipinski definition) is 2. The molecule has 1 saturated carbocycles. The number of aromatic nitrogens is 2. The molecule has 0 spiro atoms. The Kier molecular flexibility index (Phi) is 4.13. The monoisotopic (exact) mass is 319 g/mol. The highest BCUT2D eigenvalue weighted by Gasteiger charge is 2.20. The van der Waals surface area contributed by atoms with Crippen LogP contribution in [0.5, 0.6) is 0 Å². The Morgan fingerprint density at radius 2 is 1.54 bits per heavy atom. The number of hydrogen-bond acceptors (Lipinski definition) is 4. The van der Waals surface area contributed by atoms with Crippen LogP contribution in [-0.4, -0.2) is 27.2 Å². The van der Waals surface area contributed by atoms with E-state index in [1.54, 1.807) is 0 Å². The molecule has 3 aromatic rings. The van der Waals surface area contributed by atoms with Gasteiger partial charge in [-0.15, -0.1) is 0 Å². The molecule has 0 amide bonds. The first-order valence-corrected chi connectivity index (χ1v) is 8.56. The van der Waals surface area contributed by atoms with Crippen LogP contribution in [0.15, 0.2) is 54.6 Å². The molecule has 0 bridgehead atoms. The first-order valence-electron chi connectivity index (χ1n) is 8.56. The van der Waals surface area contributed by atoms with Gasteiger partial charge >= 0.3 is 0 Å². The second kappa shape index (κ2) is 6.57. The molecular weight excluding hydrogens is 298 g/mol. The molecule has 1 aromatic heterocycles. The average molecular weight is 319 g/mol. The number of anilines is 1. The first-order chi connectivity index (χ1) is 11.8. The standard InChI is InChI=1S/C20H21N3O/c24-16-12-10-15(11-13-16)21-20-22-18-9-5-4-8-17(18)19(23-20)14-6-2-1-3-7-14/h1-9,15-16,24H,10-13H2,(H,21,22,23). The highest BCUT2D eigenvalue weighted by atomic mass is 16.3. The summed E-state index contributed by atoms with van der Waals surface area (Å²) in [6, 6.07) is 18.7. The Labute approximate surface area is 141 Å². The zero-order valence-electron chi connectivity index (χ0n) is 13.5. The molecule has 2 aromatic carbocycles. The summed E-state index contributed by atoms with van der Waals surface area (Å²) in [5.74, 6) is 0.675. The van der Waals surface area contributed by atoms with E-state index >= 15 is 0 Å². The summed E-state index contributed by atoms with van der Waals surface area (Å²) >= 11 is 0. The third-order valence-electron chi connectivity index (χ3n) is 4.68. The van der Waals surface area contributed by atoms with Gasteiger partial charge in [0.15, 0.2) is 0 Å². The van der Waals surface area contributed by atoms with E-state index in [0.717, 1.165) is 47.8 Å². The smallest absolute Gasteiger partial charge is 0.224 e. The molecule has 0 aliphatic heterocycles. The molecular formula is C20H21N3O. The molecule has 0 saturated heterocycles. The average Bonchev–Trinajstić information content (AvgIpc) is 2.64. The van der Waals surface area contributed by atoms with Crippen LogP contribution in [-0.2, 0) is 0 Å². The SMILES string of the molecule is OC1CCC(Nc2nc(-c3ccccc3)c3ccccc3n2)CC1. The minimum Gasteiger partial charge on any atom is -0.393 e. The van der Waals surface area contributed by atoms with Gasteiger partial charge in [-0.3, -0.25) is 0 Å². The lowest BCUT2D eigenvalue weighted by Gasteiger charge is -2.26. The maximum absolute atomic E-state index is 9.67. The van der Waals surface area contributed by atoms with Crippen LogP contribution in [0.25, 0.3) is 22.2 Å². The van der Waals surface area contributed by atoms with Crippen LogP contribution in [0.2, 0.25) is 0 Å². The molecule has 1 aliphatic rings. The van der Waals surface area contributed by atoms with Crippen LogP contribution in [0.3, 0.4) is 0 Å². The Morgan fingerprint density at radius 1 is 0.833 bits per heavy atom. The number of para-hydroxylation sites is 1. The Bertz CT molecular complexity index is 827. The van der Waals surface area contributed by atoms with Gasteiger partial charge in [-0.2, -0.15) is 0 Å². The molecule has 0 radical (unpaired) electrons. The van der Waals surface area contributed by atoms with Crippen LogP contribution in [0.4, 0.5) is 5.95 Å². The summed E-state index contributed by atoms with van der Waals surface area (Å²) in [5, 5.41) is 14.2. The fourth-order valence-electron chi connectivity index (χ4n) is 3.36. The van der Waals surface area contributed by atoms with Crippen molar-refractivity contribution >= 4 is 16.9 Å². The van der Waals surface area contributed by atoms with Gasteiger partial charge in [0, 0.05) is 17.0 Å². The Morgan fingerprint density at radius 3 is 2.33 bits per heavy atom. The van der Waals surface area contributed by atoms with Gasteiger partial charge in [0.2, 0.25) is 5.95 Å². The summed E-state index contributed by atoms with van der Waals surface area (Å²) in [6.45, 7) is 0. The molecule has 2 N–H and O–H groups in total. The number of nitrogens with one attached hydrogen (secondary N) is 1. The van der Waals surface area contributed by atoms with E-state index in [9.17, 15) is 5.11 Å². The highest BCUT2D eigenvalue weighted by Crippen LogP contribution is 2.28. The van der Waals surface area contributed by atoms with Crippen LogP contribution < -0.4 is 5.32 Å². The summed E-state index contributed by atoms with van der Waals surface area (Å²) < 4.78 is 0. The van der Waals surface area contributed by atoms with Gasteiger partial charge in [0.1, 0.15) is 0 Å². The van der Waals surface area contributed by atoms with Crippen LogP contribution >= 0.6 is 0 Å². The maximum atomic E-state index is 9.67. The predicted molar refractivity (Wildman–Crippen MR) is 96.9 cm³/mol. The Hall–Kier alpha value is -2.46. The molecule has 4 nitrogen and oxygen atoms in total. The molecule has 1 aliphatic carbocycles. The van der Waals surface area contributed by atoms with Gasteiger partial charge in [-0.1, -0.05) is 48.5 Å². The minimum absolute atomic E-state index is 0.152. The molecule has 24 heavy (non-hydrogen) atoms. The molecule has 122 valence electrons. The van der Waals surface area contributed by atoms with Crippen LogP contribution in [0.1, 0.15) is 25.7 Å². The summed E-state index contributed by atoms with van der Waals surface area (Å²) in [6.07, 6.45) is 3.45. The minimum atomic E-state index is -0.152. The summed E-state index contributed by atoms with van der Waals surface area (Å²) in [5.41, 5.74) is 3.00. The van der Waals surface area contributed by atoms with Crippen molar-refractivity contribution in [2.24, 2.45) is 0 Å². The van der Waals surface area contributed by atoms with Gasteiger partial charge in [0.25, 0.3) is 0 Å². The third-order valence-corrected chi connectivity index (χ3v) is 4.68. The van der Waals surface area contributed by atoms with Gasteiger partial charge in [-0.25, -0.2) is 9.97 Å². The quantitative estimate of drug-likeness (QED) is 0.766. The molecule has 4 rings (SSSR count). The normalized spacial score (nSPS) is 20.9. The van der Waals surface area contributed by atoms with E-state index < -0.39 is 0 Å². The molecule has 4 heteroatoms. The molecule has 1 fully saturated rings. The number of fused-ring (bicyclic) bond motifs is 1. The van der Waals surface area contributed by atoms with E-state index in [1.807, 2.05) is 36.4 Å². The van der Waals surface area contributed by atoms with Gasteiger partial charge < -0.3 is 10.4 Å². The molecule has 1 heterocycles. The van der Waals surface area contributed by atoms with E-state index in [-0.39, 0.29) is 6.10 Å².